The lowest BCUT2D eigenvalue weighted by Crippen LogP contribution is -2.47. The highest BCUT2D eigenvalue weighted by Gasteiger charge is 2.35. The van der Waals surface area contributed by atoms with E-state index in [-0.39, 0.29) is 24.2 Å². The van der Waals surface area contributed by atoms with Gasteiger partial charge < -0.3 is 19.7 Å². The second-order valence-corrected chi connectivity index (χ2v) is 7.31. The Kier molecular flexibility index (Phi) is 6.12. The first-order chi connectivity index (χ1) is 13.5. The average Bonchev–Trinajstić information content (AvgIpc) is 2.73. The molecule has 1 aliphatic heterocycles. The van der Waals surface area contributed by atoms with Crippen molar-refractivity contribution in [2.45, 2.75) is 58.8 Å². The van der Waals surface area contributed by atoms with Crippen molar-refractivity contribution in [3.8, 4) is 11.5 Å². The number of amides is 1. The first-order valence-corrected chi connectivity index (χ1v) is 10.0. The van der Waals surface area contributed by atoms with Crippen molar-refractivity contribution < 1.29 is 14.3 Å². The van der Waals surface area contributed by atoms with Gasteiger partial charge in [0.05, 0.1) is 18.8 Å². The summed E-state index contributed by atoms with van der Waals surface area (Å²) < 4.78 is 11.6. The number of ether oxygens (including phenoxy) is 2. The van der Waals surface area contributed by atoms with Crippen molar-refractivity contribution in [1.82, 2.24) is 4.90 Å². The summed E-state index contributed by atoms with van der Waals surface area (Å²) in [6.07, 6.45) is 1.64. The lowest BCUT2D eigenvalue weighted by Gasteiger charge is -2.41. The van der Waals surface area contributed by atoms with Crippen LogP contribution in [0.2, 0.25) is 0 Å². The van der Waals surface area contributed by atoms with Crippen LogP contribution in [0.1, 0.15) is 62.6 Å². The molecule has 1 N–H and O–H groups in total. The van der Waals surface area contributed by atoms with Gasteiger partial charge in [-0.15, -0.1) is 0 Å². The smallest absolute Gasteiger partial charge is 0.258 e. The molecule has 5 nitrogen and oxygen atoms in total. The second kappa shape index (κ2) is 8.55. The Hall–Kier alpha value is -2.69. The van der Waals surface area contributed by atoms with E-state index in [0.717, 1.165) is 29.8 Å². The number of carbonyl (C=O) groups is 1. The van der Waals surface area contributed by atoms with E-state index in [4.69, 9.17) is 9.47 Å². The fourth-order valence-electron chi connectivity index (χ4n) is 3.42. The van der Waals surface area contributed by atoms with Crippen LogP contribution in [0, 0.1) is 0 Å². The number of nitrogens with zero attached hydrogens (tertiary/aromatic N) is 1. The molecule has 0 saturated heterocycles. The summed E-state index contributed by atoms with van der Waals surface area (Å²) >= 11 is 0. The molecule has 150 valence electrons. The molecule has 1 amide bonds. The molecule has 2 aromatic rings. The van der Waals surface area contributed by atoms with E-state index in [9.17, 15) is 4.79 Å². The Bertz CT molecular complexity index is 836. The van der Waals surface area contributed by atoms with Crippen molar-refractivity contribution in [2.75, 3.05) is 12.4 Å². The van der Waals surface area contributed by atoms with E-state index >= 15 is 0 Å². The standard InChI is InChI=1S/C23H30N2O3/c1-6-15(3)25-22(24-19-11-9-8-10-18(19)23(25)26)17-12-13-20(21(14-17)27-5)28-16(4)7-2/h8-16,22,24H,6-7H2,1-5H3. The van der Waals surface area contributed by atoms with Crippen LogP contribution in [0.15, 0.2) is 42.5 Å². The Morgan fingerprint density at radius 2 is 1.82 bits per heavy atom. The van der Waals surface area contributed by atoms with Gasteiger partial charge in [-0.3, -0.25) is 4.79 Å². The maximum Gasteiger partial charge on any atom is 0.258 e. The number of carbonyl (C=O) groups excluding carboxylic acids is 1. The van der Waals surface area contributed by atoms with Crippen LogP contribution in [0.25, 0.3) is 0 Å². The molecule has 0 fully saturated rings. The van der Waals surface area contributed by atoms with E-state index in [1.54, 1.807) is 7.11 Å². The lowest BCUT2D eigenvalue weighted by atomic mass is 10.0. The summed E-state index contributed by atoms with van der Waals surface area (Å²) in [6.45, 7) is 8.30. The summed E-state index contributed by atoms with van der Waals surface area (Å²) in [5, 5.41) is 3.54. The fraction of sp³-hybridized carbons (Fsp3) is 0.435. The molecular formula is C23H30N2O3. The van der Waals surface area contributed by atoms with Gasteiger partial charge in [-0.25, -0.2) is 0 Å². The molecule has 28 heavy (non-hydrogen) atoms. The number of fused-ring (bicyclic) bond motifs is 1. The Morgan fingerprint density at radius 3 is 2.50 bits per heavy atom. The number of hydrogen-bond donors (Lipinski definition) is 1. The molecule has 1 heterocycles. The highest BCUT2D eigenvalue weighted by atomic mass is 16.5. The summed E-state index contributed by atoms with van der Waals surface area (Å²) in [5.41, 5.74) is 2.54. The molecular weight excluding hydrogens is 352 g/mol. The zero-order valence-electron chi connectivity index (χ0n) is 17.4. The van der Waals surface area contributed by atoms with Crippen molar-refractivity contribution in [3.63, 3.8) is 0 Å². The zero-order valence-corrected chi connectivity index (χ0v) is 17.4. The van der Waals surface area contributed by atoms with Gasteiger partial charge in [0.2, 0.25) is 0 Å². The van der Waals surface area contributed by atoms with Gasteiger partial charge in [0.15, 0.2) is 11.5 Å². The third kappa shape index (κ3) is 3.79. The van der Waals surface area contributed by atoms with Gasteiger partial charge in [-0.05, 0) is 56.5 Å². The van der Waals surface area contributed by atoms with Gasteiger partial charge in [0.25, 0.3) is 5.91 Å². The third-order valence-electron chi connectivity index (χ3n) is 5.43. The Labute approximate surface area is 167 Å². The molecule has 2 aromatic carbocycles. The normalized spacial score (nSPS) is 18.1. The predicted molar refractivity (Wildman–Crippen MR) is 112 cm³/mol. The zero-order chi connectivity index (χ0) is 20.3. The molecule has 3 rings (SSSR count). The van der Waals surface area contributed by atoms with E-state index < -0.39 is 0 Å². The highest BCUT2D eigenvalue weighted by Crippen LogP contribution is 2.38. The average molecular weight is 383 g/mol. The molecule has 5 heteroatoms. The monoisotopic (exact) mass is 382 g/mol. The van der Waals surface area contributed by atoms with Gasteiger partial charge >= 0.3 is 0 Å². The van der Waals surface area contributed by atoms with Crippen molar-refractivity contribution in [2.24, 2.45) is 0 Å². The van der Waals surface area contributed by atoms with Crippen LogP contribution >= 0.6 is 0 Å². The molecule has 0 spiro atoms. The number of anilines is 1. The molecule has 0 bridgehead atoms. The molecule has 0 aliphatic carbocycles. The fourth-order valence-corrected chi connectivity index (χ4v) is 3.42. The van der Waals surface area contributed by atoms with E-state index in [0.29, 0.717) is 11.3 Å². The second-order valence-electron chi connectivity index (χ2n) is 7.31. The molecule has 3 unspecified atom stereocenters. The maximum absolute atomic E-state index is 13.2. The van der Waals surface area contributed by atoms with Crippen LogP contribution in [-0.4, -0.2) is 30.1 Å². The third-order valence-corrected chi connectivity index (χ3v) is 5.43. The van der Waals surface area contributed by atoms with Crippen molar-refractivity contribution in [3.05, 3.63) is 53.6 Å². The largest absolute Gasteiger partial charge is 0.493 e. The number of rotatable bonds is 7. The predicted octanol–water partition coefficient (Wildman–Crippen LogP) is 5.24. The summed E-state index contributed by atoms with van der Waals surface area (Å²) in [7, 11) is 1.64. The van der Waals surface area contributed by atoms with Gasteiger partial charge in [0, 0.05) is 11.7 Å². The minimum absolute atomic E-state index is 0.0487. The Balaban J connectivity index is 2.01. The van der Waals surface area contributed by atoms with Gasteiger partial charge in [-0.1, -0.05) is 32.0 Å². The van der Waals surface area contributed by atoms with Crippen LogP contribution in [0.4, 0.5) is 5.69 Å². The van der Waals surface area contributed by atoms with E-state index in [1.807, 2.05) is 54.3 Å². The first kappa shape index (κ1) is 20.1. The number of nitrogens with one attached hydrogen (secondary N) is 1. The van der Waals surface area contributed by atoms with Crippen molar-refractivity contribution >= 4 is 11.6 Å². The summed E-state index contributed by atoms with van der Waals surface area (Å²) in [5.74, 6) is 1.45. The molecule has 3 atom stereocenters. The lowest BCUT2D eigenvalue weighted by molar-refractivity contribution is 0.0593. The number of hydrogen-bond acceptors (Lipinski definition) is 4. The van der Waals surface area contributed by atoms with Crippen molar-refractivity contribution in [1.29, 1.82) is 0 Å². The minimum Gasteiger partial charge on any atom is -0.493 e. The first-order valence-electron chi connectivity index (χ1n) is 10.0. The number of methoxy groups -OCH3 is 1. The van der Waals surface area contributed by atoms with Crippen LogP contribution in [0.5, 0.6) is 11.5 Å². The summed E-state index contributed by atoms with van der Waals surface area (Å²) in [6, 6.07) is 13.7. The number of para-hydroxylation sites is 1. The van der Waals surface area contributed by atoms with E-state index in [1.165, 1.54) is 0 Å². The SMILES string of the molecule is CCC(C)Oc1ccc(C2Nc3ccccc3C(=O)N2C(C)CC)cc1OC. The summed E-state index contributed by atoms with van der Waals surface area (Å²) in [4.78, 5) is 15.2. The quantitative estimate of drug-likeness (QED) is 0.712. The maximum atomic E-state index is 13.2. The topological polar surface area (TPSA) is 50.8 Å². The van der Waals surface area contributed by atoms with E-state index in [2.05, 4.69) is 26.1 Å². The minimum atomic E-state index is -0.260. The van der Waals surface area contributed by atoms with Gasteiger partial charge in [0.1, 0.15) is 6.17 Å². The van der Waals surface area contributed by atoms with Crippen LogP contribution in [0.3, 0.4) is 0 Å². The van der Waals surface area contributed by atoms with Crippen LogP contribution in [-0.2, 0) is 0 Å². The molecule has 0 saturated carbocycles. The molecule has 1 aliphatic rings. The molecule has 0 aromatic heterocycles. The number of benzene rings is 2. The van der Waals surface area contributed by atoms with Gasteiger partial charge in [-0.2, -0.15) is 0 Å². The molecule has 0 radical (unpaired) electrons. The highest BCUT2D eigenvalue weighted by molar-refractivity contribution is 6.01. The van der Waals surface area contributed by atoms with Crippen LogP contribution < -0.4 is 14.8 Å². The Morgan fingerprint density at radius 1 is 1.07 bits per heavy atom.